The summed E-state index contributed by atoms with van der Waals surface area (Å²) in [4.78, 5) is 24.3. The second-order valence-corrected chi connectivity index (χ2v) is 21.9. The van der Waals surface area contributed by atoms with Crippen LogP contribution in [0.1, 0.15) is 125 Å². The number of nitrogens with zero attached hydrogens (tertiary/aromatic N) is 4. The quantitative estimate of drug-likeness (QED) is 0.133. The predicted octanol–water partition coefficient (Wildman–Crippen LogP) is 10.1. The number of fused-ring (bicyclic) bond motifs is 3. The van der Waals surface area contributed by atoms with Crippen LogP contribution in [0.25, 0.3) is 11.4 Å². The Morgan fingerprint density at radius 3 is 2.40 bits per heavy atom. The Hall–Kier alpha value is -3.60. The summed E-state index contributed by atoms with van der Waals surface area (Å²) in [5.74, 6) is 2.85. The minimum Gasteiger partial charge on any atom is -0.497 e. The molecule has 0 unspecified atom stereocenters. The number of methoxy groups -OCH3 is 1. The highest BCUT2D eigenvalue weighted by molar-refractivity contribution is 5.75. The maximum Gasteiger partial charge on any atom is 0.310 e. The number of hydrogen-bond acceptors (Lipinski definition) is 9. The van der Waals surface area contributed by atoms with Crippen LogP contribution in [0.2, 0.25) is 0 Å². The summed E-state index contributed by atoms with van der Waals surface area (Å²) in [6.45, 7) is 22.3. The third-order valence-electron chi connectivity index (χ3n) is 18.8. The first-order valence-electron chi connectivity index (χ1n) is 23.9. The van der Waals surface area contributed by atoms with Gasteiger partial charge in [-0.25, -0.2) is 9.67 Å². The number of carbonyl (C=O) groups excluding carboxylic acids is 1. The molecule has 10 nitrogen and oxygen atoms in total. The highest BCUT2D eigenvalue weighted by Gasteiger charge is 2.72. The molecule has 336 valence electrons. The average molecular weight is 848 g/mol. The number of allylic oxidation sites excluding steroid dienone is 1. The Kier molecular flexibility index (Phi) is 11.4. The van der Waals surface area contributed by atoms with Gasteiger partial charge in [0.15, 0.2) is 5.82 Å². The SMILES string of the molecule is CCNC1(CO[C@H]2[C@H](n3ncnc3-c3ccncc3)C[C@@]34COC[C@]2(C)[C@@H]3CC[C@H]2C4=CC[C@@]3(C)[C@H](C(=O)OCc4ccc(OC)cc4)[C@@](C)([C@H](C)C(C)C)CC[C@]23C)CCC1. The first kappa shape index (κ1) is 43.6. The summed E-state index contributed by atoms with van der Waals surface area (Å²) in [6, 6.07) is 11.9. The molecule has 0 radical (unpaired) electrons. The first-order valence-corrected chi connectivity index (χ1v) is 23.9. The van der Waals surface area contributed by atoms with E-state index >= 15 is 4.79 Å². The van der Waals surface area contributed by atoms with E-state index in [2.05, 4.69) is 76.4 Å². The molecule has 2 aromatic heterocycles. The van der Waals surface area contributed by atoms with Crippen LogP contribution in [0.4, 0.5) is 0 Å². The zero-order chi connectivity index (χ0) is 43.7. The van der Waals surface area contributed by atoms with Crippen LogP contribution in [0.15, 0.2) is 66.8 Å². The molecule has 1 saturated heterocycles. The summed E-state index contributed by atoms with van der Waals surface area (Å²) in [5.41, 5.74) is 2.49. The molecule has 5 fully saturated rings. The zero-order valence-electron chi connectivity index (χ0n) is 39.0. The molecule has 5 aliphatic carbocycles. The van der Waals surface area contributed by atoms with Crippen molar-refractivity contribution < 1.29 is 23.7 Å². The Morgan fingerprint density at radius 2 is 1.73 bits per heavy atom. The molecule has 10 heteroatoms. The van der Waals surface area contributed by atoms with Crippen molar-refractivity contribution in [1.82, 2.24) is 25.1 Å². The lowest BCUT2D eigenvalue weighted by Crippen LogP contribution is -2.69. The number of pyridine rings is 1. The van der Waals surface area contributed by atoms with Gasteiger partial charge in [0.05, 0.1) is 45.0 Å². The molecule has 1 aliphatic heterocycles. The summed E-state index contributed by atoms with van der Waals surface area (Å²) < 4.78 is 28.4. The van der Waals surface area contributed by atoms with E-state index in [1.54, 1.807) is 19.0 Å². The van der Waals surface area contributed by atoms with Gasteiger partial charge in [-0.15, -0.1) is 0 Å². The van der Waals surface area contributed by atoms with Crippen molar-refractivity contribution in [1.29, 1.82) is 0 Å². The number of nitrogens with one attached hydrogen (secondary N) is 1. The van der Waals surface area contributed by atoms with E-state index in [0.717, 1.165) is 80.6 Å². The summed E-state index contributed by atoms with van der Waals surface area (Å²) >= 11 is 0. The highest BCUT2D eigenvalue weighted by Crippen LogP contribution is 2.75. The van der Waals surface area contributed by atoms with E-state index < -0.39 is 0 Å². The van der Waals surface area contributed by atoms with Crippen LogP contribution in [0, 0.1) is 56.7 Å². The van der Waals surface area contributed by atoms with Crippen LogP contribution in [0.3, 0.4) is 0 Å². The van der Waals surface area contributed by atoms with Crippen LogP contribution in [-0.4, -0.2) is 70.8 Å². The fourth-order valence-electron chi connectivity index (χ4n) is 14.9. The van der Waals surface area contributed by atoms with Gasteiger partial charge in [-0.3, -0.25) is 9.78 Å². The summed E-state index contributed by atoms with van der Waals surface area (Å²) in [7, 11) is 1.67. The lowest BCUT2D eigenvalue weighted by molar-refractivity contribution is -0.254. The number of rotatable bonds is 13. The molecule has 0 amide bonds. The van der Waals surface area contributed by atoms with Gasteiger partial charge in [0.2, 0.25) is 0 Å². The van der Waals surface area contributed by atoms with Gasteiger partial charge in [0, 0.05) is 34.3 Å². The number of ether oxygens (including phenoxy) is 4. The second kappa shape index (κ2) is 16.1. The molecule has 11 atom stereocenters. The molecular formula is C52H73N5O5. The average Bonchev–Trinajstić information content (AvgIpc) is 3.75. The van der Waals surface area contributed by atoms with Crippen molar-refractivity contribution in [3.63, 3.8) is 0 Å². The number of likely N-dealkylation sites (N-methyl/N-ethyl adjacent to an activating group) is 1. The van der Waals surface area contributed by atoms with Crippen LogP contribution >= 0.6 is 0 Å². The van der Waals surface area contributed by atoms with E-state index in [0.29, 0.717) is 43.5 Å². The lowest BCUT2D eigenvalue weighted by atomic mass is 9.34. The number of carbonyl (C=O) groups is 1. The molecule has 3 aromatic rings. The Bertz CT molecular complexity index is 2120. The van der Waals surface area contributed by atoms with Crippen molar-refractivity contribution in [3.8, 4) is 17.1 Å². The fourth-order valence-corrected chi connectivity index (χ4v) is 14.9. The normalized spacial score (nSPS) is 37.5. The van der Waals surface area contributed by atoms with E-state index in [9.17, 15) is 0 Å². The topological polar surface area (TPSA) is 110 Å². The molecule has 2 bridgehead atoms. The molecular weight excluding hydrogens is 775 g/mol. The van der Waals surface area contributed by atoms with E-state index in [-0.39, 0.29) is 63.3 Å². The lowest BCUT2D eigenvalue weighted by Gasteiger charge is -2.71. The third-order valence-corrected chi connectivity index (χ3v) is 18.8. The maximum absolute atomic E-state index is 15.1. The van der Waals surface area contributed by atoms with Crippen LogP contribution < -0.4 is 10.1 Å². The number of esters is 1. The molecule has 1 N–H and O–H groups in total. The molecule has 1 aromatic carbocycles. The van der Waals surface area contributed by atoms with Gasteiger partial charge < -0.3 is 24.3 Å². The van der Waals surface area contributed by atoms with Crippen molar-refractivity contribution in [2.75, 3.05) is 33.5 Å². The van der Waals surface area contributed by atoms with E-state index in [1.807, 2.05) is 48.8 Å². The van der Waals surface area contributed by atoms with Crippen molar-refractivity contribution in [3.05, 3.63) is 72.3 Å². The van der Waals surface area contributed by atoms with Gasteiger partial charge in [-0.1, -0.05) is 79.2 Å². The Balaban J connectivity index is 1.11. The van der Waals surface area contributed by atoms with Gasteiger partial charge in [-0.2, -0.15) is 5.10 Å². The van der Waals surface area contributed by atoms with Crippen LogP contribution in [0.5, 0.6) is 5.75 Å². The van der Waals surface area contributed by atoms with E-state index in [1.165, 1.54) is 6.42 Å². The monoisotopic (exact) mass is 848 g/mol. The molecule has 0 spiro atoms. The molecule has 4 saturated carbocycles. The van der Waals surface area contributed by atoms with Crippen molar-refractivity contribution >= 4 is 5.97 Å². The van der Waals surface area contributed by atoms with Crippen LogP contribution in [-0.2, 0) is 25.6 Å². The number of benzene rings is 1. The molecule has 9 rings (SSSR count). The minimum atomic E-state index is -0.305. The van der Waals surface area contributed by atoms with Crippen molar-refractivity contribution in [2.24, 2.45) is 56.7 Å². The predicted molar refractivity (Wildman–Crippen MR) is 241 cm³/mol. The van der Waals surface area contributed by atoms with Crippen molar-refractivity contribution in [2.45, 2.75) is 137 Å². The molecule has 62 heavy (non-hydrogen) atoms. The summed E-state index contributed by atoms with van der Waals surface area (Å²) in [5, 5.41) is 8.89. The molecule has 6 aliphatic rings. The van der Waals surface area contributed by atoms with E-state index in [4.69, 9.17) is 29.0 Å². The van der Waals surface area contributed by atoms with Gasteiger partial charge >= 0.3 is 5.97 Å². The number of hydrogen-bond donors (Lipinski definition) is 1. The highest BCUT2D eigenvalue weighted by atomic mass is 16.5. The fraction of sp³-hybridized carbons (Fsp3) is 0.692. The number of aromatic nitrogens is 4. The standard InChI is InChI=1S/C52H73N5O5/c1-10-55-51(21-11-22-51)31-62-44-41(57-45(54-33-56-57)37-19-26-53-27-20-37)28-52-32-60-30-48(44,6)42(52)17-16-39-40(52)18-23-50(8)43(46(58)61-29-36-12-14-38(59-9)15-13-36)47(5,35(4)34(2)3)24-25-49(39,50)7/h12-15,18-20,26-27,33-35,39,41-44,55H,10-11,16-17,21-25,28-32H2,1-9H3/t35-,39+,41-,42+,43-,44+,47-,48-,49-,50+,52+/m1/s1. The smallest absolute Gasteiger partial charge is 0.310 e. The minimum absolute atomic E-state index is 0.0213. The first-order chi connectivity index (χ1) is 29.7. The van der Waals surface area contributed by atoms with Gasteiger partial charge in [0.25, 0.3) is 0 Å². The zero-order valence-corrected chi connectivity index (χ0v) is 39.0. The Labute approximate surface area is 370 Å². The largest absolute Gasteiger partial charge is 0.497 e. The summed E-state index contributed by atoms with van der Waals surface area (Å²) in [6.07, 6.45) is 17.4. The Morgan fingerprint density at radius 1 is 0.968 bits per heavy atom. The molecule has 3 heterocycles. The van der Waals surface area contributed by atoms with Gasteiger partial charge in [-0.05, 0) is 134 Å². The second-order valence-electron chi connectivity index (χ2n) is 21.9. The third kappa shape index (κ3) is 6.64. The van der Waals surface area contributed by atoms with Gasteiger partial charge in [0.1, 0.15) is 18.7 Å². The maximum atomic E-state index is 15.1.